The Bertz CT molecular complexity index is 314. The van der Waals surface area contributed by atoms with Gasteiger partial charge in [0.1, 0.15) is 0 Å². The van der Waals surface area contributed by atoms with E-state index in [-0.39, 0.29) is 0 Å². The third-order valence-corrected chi connectivity index (χ3v) is 3.84. The second-order valence-electron chi connectivity index (χ2n) is 4.35. The number of methoxy groups -OCH3 is 1. The fraction of sp³-hybridized carbons (Fsp3) is 0.714. The molecule has 0 fully saturated rings. The van der Waals surface area contributed by atoms with E-state index >= 15 is 0 Å². The number of nitrogens with one attached hydrogen (secondary N) is 1. The smallest absolute Gasteiger partial charge is 0.0700 e. The van der Waals surface area contributed by atoms with Gasteiger partial charge >= 0.3 is 0 Å². The summed E-state index contributed by atoms with van der Waals surface area (Å²) in [6.45, 7) is 7.53. The minimum atomic E-state index is 0.422. The van der Waals surface area contributed by atoms with Crippen LogP contribution < -0.4 is 5.32 Å². The molecular weight excluding hydrogens is 246 g/mol. The lowest BCUT2D eigenvalue weighted by Gasteiger charge is -2.17. The largest absolute Gasteiger partial charge is 0.382 e. The maximum atomic E-state index is 5.55. The summed E-state index contributed by atoms with van der Waals surface area (Å²) >= 11 is 1.87. The number of ether oxygens (including phenoxy) is 2. The summed E-state index contributed by atoms with van der Waals surface area (Å²) in [6, 6.07) is 4.83. The van der Waals surface area contributed by atoms with Crippen molar-refractivity contribution in [2.75, 3.05) is 33.5 Å². The third-order valence-electron chi connectivity index (χ3n) is 2.73. The van der Waals surface area contributed by atoms with E-state index < -0.39 is 0 Å². The Morgan fingerprint density at radius 2 is 2.11 bits per heavy atom. The first-order chi connectivity index (χ1) is 8.77. The highest BCUT2D eigenvalue weighted by molar-refractivity contribution is 7.12. The van der Waals surface area contributed by atoms with Crippen molar-refractivity contribution < 1.29 is 9.47 Å². The molecule has 0 aliphatic heterocycles. The molecule has 0 aliphatic rings. The average molecular weight is 271 g/mol. The fourth-order valence-electron chi connectivity index (χ4n) is 1.75. The summed E-state index contributed by atoms with van der Waals surface area (Å²) in [5.41, 5.74) is 0. The molecule has 0 aliphatic carbocycles. The van der Waals surface area contributed by atoms with Crippen LogP contribution in [0.5, 0.6) is 0 Å². The molecule has 1 unspecified atom stereocenters. The van der Waals surface area contributed by atoms with Gasteiger partial charge in [0.2, 0.25) is 0 Å². The second-order valence-corrected chi connectivity index (χ2v) is 5.67. The number of hydrogen-bond acceptors (Lipinski definition) is 4. The van der Waals surface area contributed by atoms with E-state index in [9.17, 15) is 0 Å². The molecule has 1 atom stereocenters. The number of thiophene rings is 1. The van der Waals surface area contributed by atoms with E-state index in [4.69, 9.17) is 9.47 Å². The van der Waals surface area contributed by atoms with Gasteiger partial charge in [-0.3, -0.25) is 0 Å². The summed E-state index contributed by atoms with van der Waals surface area (Å²) in [4.78, 5) is 2.78. The van der Waals surface area contributed by atoms with Gasteiger partial charge in [-0.05, 0) is 38.4 Å². The summed E-state index contributed by atoms with van der Waals surface area (Å²) in [5.74, 6) is 0. The van der Waals surface area contributed by atoms with E-state index in [1.807, 2.05) is 11.3 Å². The van der Waals surface area contributed by atoms with Gasteiger partial charge in [-0.2, -0.15) is 0 Å². The molecular formula is C14H25NO2S. The van der Waals surface area contributed by atoms with E-state index in [1.54, 1.807) is 7.11 Å². The molecule has 0 spiro atoms. The third kappa shape index (κ3) is 5.96. The Morgan fingerprint density at radius 3 is 2.72 bits per heavy atom. The van der Waals surface area contributed by atoms with Gasteiger partial charge in [0.25, 0.3) is 0 Å². The molecule has 1 rings (SSSR count). The van der Waals surface area contributed by atoms with Crippen LogP contribution in [0, 0.1) is 6.92 Å². The monoisotopic (exact) mass is 271 g/mol. The normalized spacial score (nSPS) is 12.8. The van der Waals surface area contributed by atoms with Crippen molar-refractivity contribution in [1.29, 1.82) is 0 Å². The lowest BCUT2D eigenvalue weighted by Crippen LogP contribution is -2.23. The van der Waals surface area contributed by atoms with Crippen molar-refractivity contribution >= 4 is 11.3 Å². The van der Waals surface area contributed by atoms with Crippen LogP contribution in [0.1, 0.15) is 35.6 Å². The molecule has 0 saturated heterocycles. The molecule has 18 heavy (non-hydrogen) atoms. The van der Waals surface area contributed by atoms with Crippen LogP contribution >= 0.6 is 11.3 Å². The van der Waals surface area contributed by atoms with E-state index in [2.05, 4.69) is 31.3 Å². The Balaban J connectivity index is 2.36. The molecule has 0 radical (unpaired) electrons. The van der Waals surface area contributed by atoms with Crippen molar-refractivity contribution in [3.63, 3.8) is 0 Å². The quantitative estimate of drug-likeness (QED) is 0.663. The van der Waals surface area contributed by atoms with E-state index in [0.29, 0.717) is 19.3 Å². The van der Waals surface area contributed by atoms with Crippen molar-refractivity contribution in [2.24, 2.45) is 0 Å². The Labute approximate surface area is 114 Å². The lowest BCUT2D eigenvalue weighted by molar-refractivity contribution is 0.0659. The van der Waals surface area contributed by atoms with Gasteiger partial charge in [-0.1, -0.05) is 6.92 Å². The Morgan fingerprint density at radius 1 is 1.28 bits per heavy atom. The zero-order valence-electron chi connectivity index (χ0n) is 11.7. The van der Waals surface area contributed by atoms with Crippen LogP contribution in [-0.2, 0) is 9.47 Å². The van der Waals surface area contributed by atoms with E-state index in [1.165, 1.54) is 9.75 Å². The highest BCUT2D eigenvalue weighted by Gasteiger charge is 2.12. The Hall–Kier alpha value is -0.420. The molecule has 1 aromatic heterocycles. The molecule has 1 aromatic rings. The maximum absolute atomic E-state index is 5.55. The van der Waals surface area contributed by atoms with Crippen molar-refractivity contribution in [3.8, 4) is 0 Å². The summed E-state index contributed by atoms with van der Waals surface area (Å²) in [6.07, 6.45) is 2.18. The molecule has 4 heteroatoms. The predicted octanol–water partition coefficient (Wildman–Crippen LogP) is 3.15. The average Bonchev–Trinajstić information content (AvgIpc) is 2.79. The highest BCUT2D eigenvalue weighted by atomic mass is 32.1. The lowest BCUT2D eigenvalue weighted by atomic mass is 10.1. The van der Waals surface area contributed by atoms with E-state index in [0.717, 1.165) is 26.0 Å². The van der Waals surface area contributed by atoms with Crippen molar-refractivity contribution in [1.82, 2.24) is 5.32 Å². The minimum absolute atomic E-state index is 0.422. The molecule has 1 N–H and O–H groups in total. The van der Waals surface area contributed by atoms with Crippen LogP contribution in [0.3, 0.4) is 0 Å². The maximum Gasteiger partial charge on any atom is 0.0700 e. The molecule has 0 bridgehead atoms. The van der Waals surface area contributed by atoms with Gasteiger partial charge in [0.05, 0.1) is 13.2 Å². The van der Waals surface area contributed by atoms with Crippen LogP contribution in [-0.4, -0.2) is 33.5 Å². The molecule has 0 aromatic carbocycles. The highest BCUT2D eigenvalue weighted by Crippen LogP contribution is 2.25. The number of aryl methyl sites for hydroxylation is 1. The van der Waals surface area contributed by atoms with Gasteiger partial charge < -0.3 is 14.8 Å². The summed E-state index contributed by atoms with van der Waals surface area (Å²) in [5, 5.41) is 3.59. The van der Waals surface area contributed by atoms with Gasteiger partial charge in [0.15, 0.2) is 0 Å². The van der Waals surface area contributed by atoms with Crippen LogP contribution in [0.2, 0.25) is 0 Å². The molecule has 0 saturated carbocycles. The van der Waals surface area contributed by atoms with Crippen LogP contribution in [0.25, 0.3) is 0 Å². The van der Waals surface area contributed by atoms with Gasteiger partial charge in [-0.15, -0.1) is 11.3 Å². The standard InChI is InChI=1S/C14H25NO2S/c1-4-8-15-13(7-9-17-11-10-16-3)14-6-5-12(2)18-14/h5-6,13,15H,4,7-11H2,1-3H3. The Kier molecular flexibility index (Phi) is 8.25. The molecule has 3 nitrogen and oxygen atoms in total. The minimum Gasteiger partial charge on any atom is -0.382 e. The summed E-state index contributed by atoms with van der Waals surface area (Å²) in [7, 11) is 1.70. The first-order valence-corrected chi connectivity index (χ1v) is 7.46. The first-order valence-electron chi connectivity index (χ1n) is 6.64. The molecule has 0 amide bonds. The SMILES string of the molecule is CCCNC(CCOCCOC)c1ccc(C)s1. The molecule has 104 valence electrons. The number of hydrogen-bond donors (Lipinski definition) is 1. The van der Waals surface area contributed by atoms with Crippen molar-refractivity contribution in [3.05, 3.63) is 21.9 Å². The predicted molar refractivity (Wildman–Crippen MR) is 77.4 cm³/mol. The molecule has 1 heterocycles. The van der Waals surface area contributed by atoms with Crippen molar-refractivity contribution in [2.45, 2.75) is 32.7 Å². The van der Waals surface area contributed by atoms with Gasteiger partial charge in [0, 0.05) is 29.5 Å². The fourth-order valence-corrected chi connectivity index (χ4v) is 2.74. The summed E-state index contributed by atoms with van der Waals surface area (Å²) < 4.78 is 10.5. The first kappa shape index (κ1) is 15.6. The van der Waals surface area contributed by atoms with Gasteiger partial charge in [-0.25, -0.2) is 0 Å². The zero-order valence-corrected chi connectivity index (χ0v) is 12.5. The number of rotatable bonds is 10. The second kappa shape index (κ2) is 9.50. The van der Waals surface area contributed by atoms with Crippen LogP contribution in [0.4, 0.5) is 0 Å². The zero-order chi connectivity index (χ0) is 13.2. The van der Waals surface area contributed by atoms with Crippen LogP contribution in [0.15, 0.2) is 12.1 Å². The topological polar surface area (TPSA) is 30.5 Å².